The summed E-state index contributed by atoms with van der Waals surface area (Å²) in [6.07, 6.45) is 2.70. The molecule has 0 spiro atoms. The van der Waals surface area contributed by atoms with Crippen LogP contribution in [-0.2, 0) is 0 Å². The summed E-state index contributed by atoms with van der Waals surface area (Å²) in [5, 5.41) is 7.90. The van der Waals surface area contributed by atoms with Gasteiger partial charge in [-0.25, -0.2) is 0 Å². The highest BCUT2D eigenvalue weighted by Crippen LogP contribution is 2.44. The van der Waals surface area contributed by atoms with Gasteiger partial charge >= 0.3 is 0 Å². The van der Waals surface area contributed by atoms with Gasteiger partial charge in [-0.05, 0) is 43.9 Å². The van der Waals surface area contributed by atoms with Crippen molar-refractivity contribution >= 4 is 23.0 Å². The molecule has 1 unspecified atom stereocenters. The molecule has 2 N–H and O–H groups in total. The van der Waals surface area contributed by atoms with Gasteiger partial charge in [0, 0.05) is 11.6 Å². The zero-order valence-electron chi connectivity index (χ0n) is 8.81. The maximum absolute atomic E-state index is 6.00. The quantitative estimate of drug-likeness (QED) is 0.762. The highest BCUT2D eigenvalue weighted by molar-refractivity contribution is 6.31. The molecule has 1 aromatic carbocycles. The van der Waals surface area contributed by atoms with Crippen molar-refractivity contribution in [2.45, 2.75) is 25.3 Å². The Morgan fingerprint density at radius 3 is 2.87 bits per heavy atom. The number of hydrogen-bond acceptors (Lipinski definition) is 2. The molecule has 1 atom stereocenters. The normalized spacial score (nSPS) is 28.9. The molecule has 0 saturated heterocycles. The fraction of sp³-hybridized carbons (Fsp3) is 0.500. The minimum Gasteiger partial charge on any atom is -0.381 e. The summed E-state index contributed by atoms with van der Waals surface area (Å²) in [6, 6.07) is 5.97. The smallest absolute Gasteiger partial charge is 0.0595 e. The summed E-state index contributed by atoms with van der Waals surface area (Å²) in [4.78, 5) is 0. The first-order chi connectivity index (χ1) is 7.17. The van der Waals surface area contributed by atoms with Crippen molar-refractivity contribution < 1.29 is 0 Å². The first-order valence-electron chi connectivity index (χ1n) is 5.49. The number of hydrogen-bond donors (Lipinski definition) is 2. The Balaban J connectivity index is 1.94. The monoisotopic (exact) mass is 222 g/mol. The first-order valence-corrected chi connectivity index (χ1v) is 5.87. The van der Waals surface area contributed by atoms with E-state index in [1.807, 2.05) is 18.2 Å². The highest BCUT2D eigenvalue weighted by Gasteiger charge is 2.43. The lowest BCUT2D eigenvalue weighted by Gasteiger charge is -2.38. The average molecular weight is 223 g/mol. The van der Waals surface area contributed by atoms with Crippen LogP contribution in [0.3, 0.4) is 0 Å². The molecular formula is C12H15ClN2. The van der Waals surface area contributed by atoms with Crippen LogP contribution >= 0.6 is 11.6 Å². The summed E-state index contributed by atoms with van der Waals surface area (Å²) in [7, 11) is 0. The van der Waals surface area contributed by atoms with Crippen LogP contribution in [0.1, 0.15) is 19.8 Å². The summed E-state index contributed by atoms with van der Waals surface area (Å²) in [5.41, 5.74) is 2.51. The van der Waals surface area contributed by atoms with Crippen LogP contribution in [0.15, 0.2) is 18.2 Å². The average Bonchev–Trinajstić information content (AvgIpc) is 3.00. The molecule has 1 fully saturated rings. The Hall–Kier alpha value is -0.890. The largest absolute Gasteiger partial charge is 0.381 e. The fourth-order valence-electron chi connectivity index (χ4n) is 2.37. The van der Waals surface area contributed by atoms with Gasteiger partial charge in [0.1, 0.15) is 0 Å². The van der Waals surface area contributed by atoms with Crippen LogP contribution in [0.5, 0.6) is 0 Å². The van der Waals surface area contributed by atoms with Gasteiger partial charge < -0.3 is 10.6 Å². The molecule has 1 aliphatic carbocycles. The molecule has 1 heterocycles. The van der Waals surface area contributed by atoms with Gasteiger partial charge in [0.25, 0.3) is 0 Å². The van der Waals surface area contributed by atoms with E-state index in [-0.39, 0.29) is 5.54 Å². The maximum atomic E-state index is 6.00. The number of benzene rings is 1. The van der Waals surface area contributed by atoms with Gasteiger partial charge in [-0.2, -0.15) is 0 Å². The molecule has 0 bridgehead atoms. The fourth-order valence-corrected chi connectivity index (χ4v) is 2.54. The second kappa shape index (κ2) is 3.05. The highest BCUT2D eigenvalue weighted by atomic mass is 35.5. The van der Waals surface area contributed by atoms with Crippen molar-refractivity contribution in [3.05, 3.63) is 23.2 Å². The third-order valence-corrected chi connectivity index (χ3v) is 3.76. The van der Waals surface area contributed by atoms with Crippen LogP contribution in [-0.4, -0.2) is 12.1 Å². The summed E-state index contributed by atoms with van der Waals surface area (Å²) >= 11 is 6.00. The first kappa shape index (κ1) is 9.34. The molecule has 80 valence electrons. The Bertz CT molecular complexity index is 401. The summed E-state index contributed by atoms with van der Waals surface area (Å²) < 4.78 is 0. The van der Waals surface area contributed by atoms with Gasteiger partial charge in [-0.15, -0.1) is 0 Å². The van der Waals surface area contributed by atoms with Gasteiger partial charge in [0.2, 0.25) is 0 Å². The Labute approximate surface area is 95.0 Å². The summed E-state index contributed by atoms with van der Waals surface area (Å²) in [5.74, 6) is 0.817. The molecular weight excluding hydrogens is 208 g/mol. The molecule has 1 aliphatic heterocycles. The molecule has 1 saturated carbocycles. The third kappa shape index (κ3) is 1.57. The van der Waals surface area contributed by atoms with E-state index >= 15 is 0 Å². The lowest BCUT2D eigenvalue weighted by molar-refractivity contribution is 0.466. The molecule has 2 aliphatic rings. The molecule has 0 amide bonds. The minimum absolute atomic E-state index is 0.206. The van der Waals surface area contributed by atoms with Gasteiger partial charge in [0.05, 0.1) is 16.9 Å². The molecule has 3 rings (SSSR count). The Morgan fingerprint density at radius 2 is 2.13 bits per heavy atom. The minimum atomic E-state index is 0.206. The van der Waals surface area contributed by atoms with E-state index in [1.165, 1.54) is 12.8 Å². The topological polar surface area (TPSA) is 24.1 Å². The Morgan fingerprint density at radius 1 is 1.33 bits per heavy atom. The number of halogens is 1. The standard InChI is InChI=1S/C12H15ClN2/c1-12(8-2-3-8)7-14-10-5-4-9(13)6-11(10)15-12/h4-6,8,14-15H,2-3,7H2,1H3. The van der Waals surface area contributed by atoms with E-state index in [1.54, 1.807) is 0 Å². The lowest BCUT2D eigenvalue weighted by Crippen LogP contribution is -2.47. The second-order valence-corrected chi connectivity index (χ2v) is 5.30. The van der Waals surface area contributed by atoms with E-state index in [9.17, 15) is 0 Å². The van der Waals surface area contributed by atoms with E-state index in [0.717, 1.165) is 28.9 Å². The number of fused-ring (bicyclic) bond motifs is 1. The maximum Gasteiger partial charge on any atom is 0.0595 e. The Kier molecular flexibility index (Phi) is 1.90. The molecule has 0 aromatic heterocycles. The molecule has 3 heteroatoms. The predicted octanol–water partition coefficient (Wildman–Crippen LogP) is 3.35. The van der Waals surface area contributed by atoms with Crippen molar-refractivity contribution in [2.24, 2.45) is 5.92 Å². The molecule has 15 heavy (non-hydrogen) atoms. The zero-order valence-corrected chi connectivity index (χ0v) is 9.56. The van der Waals surface area contributed by atoms with Crippen LogP contribution in [0.25, 0.3) is 0 Å². The van der Waals surface area contributed by atoms with Crippen LogP contribution < -0.4 is 10.6 Å². The van der Waals surface area contributed by atoms with Crippen LogP contribution in [0.2, 0.25) is 5.02 Å². The van der Waals surface area contributed by atoms with Crippen molar-refractivity contribution in [1.82, 2.24) is 0 Å². The number of anilines is 2. The number of nitrogens with one attached hydrogen (secondary N) is 2. The van der Waals surface area contributed by atoms with E-state index in [4.69, 9.17) is 11.6 Å². The SMILES string of the molecule is CC1(C2CC2)CNc2ccc(Cl)cc2N1. The molecule has 0 radical (unpaired) electrons. The summed E-state index contributed by atoms with van der Waals surface area (Å²) in [6.45, 7) is 3.30. The van der Waals surface area contributed by atoms with E-state index in [0.29, 0.717) is 0 Å². The molecule has 1 aromatic rings. The predicted molar refractivity (Wildman–Crippen MR) is 64.7 cm³/mol. The van der Waals surface area contributed by atoms with E-state index < -0.39 is 0 Å². The van der Waals surface area contributed by atoms with Crippen molar-refractivity contribution in [3.8, 4) is 0 Å². The van der Waals surface area contributed by atoms with Crippen molar-refractivity contribution in [3.63, 3.8) is 0 Å². The molecule has 2 nitrogen and oxygen atoms in total. The van der Waals surface area contributed by atoms with Gasteiger partial charge in [0.15, 0.2) is 0 Å². The van der Waals surface area contributed by atoms with Crippen LogP contribution in [0.4, 0.5) is 11.4 Å². The lowest BCUT2D eigenvalue weighted by atomic mass is 9.93. The van der Waals surface area contributed by atoms with Crippen LogP contribution in [0, 0.1) is 5.92 Å². The van der Waals surface area contributed by atoms with Crippen molar-refractivity contribution in [1.29, 1.82) is 0 Å². The zero-order chi connectivity index (χ0) is 10.5. The number of rotatable bonds is 1. The second-order valence-electron chi connectivity index (χ2n) is 4.86. The third-order valence-electron chi connectivity index (χ3n) is 3.53. The van der Waals surface area contributed by atoms with Gasteiger partial charge in [-0.1, -0.05) is 11.6 Å². The van der Waals surface area contributed by atoms with Crippen molar-refractivity contribution in [2.75, 3.05) is 17.2 Å². The van der Waals surface area contributed by atoms with Gasteiger partial charge in [-0.3, -0.25) is 0 Å². The van der Waals surface area contributed by atoms with E-state index in [2.05, 4.69) is 17.6 Å².